The molecule has 0 amide bonds. The quantitative estimate of drug-likeness (QED) is 0.870. The Bertz CT molecular complexity index is 504. The van der Waals surface area contributed by atoms with Crippen molar-refractivity contribution in [3.8, 4) is 0 Å². The Hall–Kier alpha value is -1.91. The minimum absolute atomic E-state index is 0.566. The van der Waals surface area contributed by atoms with Gasteiger partial charge in [-0.2, -0.15) is 5.10 Å². The molecule has 0 unspecified atom stereocenters. The summed E-state index contributed by atoms with van der Waals surface area (Å²) in [6.07, 6.45) is 5.14. The molecular formula is C13H19N5. The molecule has 2 heterocycles. The summed E-state index contributed by atoms with van der Waals surface area (Å²) in [7, 11) is 0. The van der Waals surface area contributed by atoms with Gasteiger partial charge in [-0.25, -0.2) is 14.6 Å². The van der Waals surface area contributed by atoms with E-state index in [1.165, 1.54) is 5.56 Å². The van der Waals surface area contributed by atoms with Gasteiger partial charge in [-0.15, -0.1) is 0 Å². The van der Waals surface area contributed by atoms with Gasteiger partial charge in [-0.05, 0) is 30.0 Å². The van der Waals surface area contributed by atoms with Gasteiger partial charge in [0.1, 0.15) is 18.0 Å². The van der Waals surface area contributed by atoms with Crippen molar-refractivity contribution in [1.82, 2.24) is 19.7 Å². The molecule has 5 nitrogen and oxygen atoms in total. The molecule has 96 valence electrons. The lowest BCUT2D eigenvalue weighted by atomic mass is 10.1. The molecule has 2 N–H and O–H groups in total. The Morgan fingerprint density at radius 2 is 2.11 bits per heavy atom. The van der Waals surface area contributed by atoms with Crippen molar-refractivity contribution in [2.45, 2.75) is 33.2 Å². The molecule has 0 radical (unpaired) electrons. The number of nitrogens with two attached hydrogens (primary N) is 1. The third-order valence-electron chi connectivity index (χ3n) is 2.72. The maximum atomic E-state index is 5.66. The zero-order valence-corrected chi connectivity index (χ0v) is 10.9. The average molecular weight is 245 g/mol. The third kappa shape index (κ3) is 3.29. The van der Waals surface area contributed by atoms with E-state index < -0.39 is 0 Å². The summed E-state index contributed by atoms with van der Waals surface area (Å²) in [5.41, 5.74) is 6.84. The molecule has 2 aromatic heterocycles. The summed E-state index contributed by atoms with van der Waals surface area (Å²) in [5, 5.41) is 4.25. The highest BCUT2D eigenvalue weighted by molar-refractivity contribution is 5.31. The van der Waals surface area contributed by atoms with Crippen molar-refractivity contribution in [3.05, 3.63) is 36.0 Å². The molecule has 0 fully saturated rings. The Kier molecular flexibility index (Phi) is 3.92. The van der Waals surface area contributed by atoms with E-state index in [1.807, 2.05) is 16.8 Å². The number of nitrogen functional groups attached to an aromatic ring is 1. The summed E-state index contributed by atoms with van der Waals surface area (Å²) < 4.78 is 1.98. The molecule has 0 spiro atoms. The predicted molar refractivity (Wildman–Crippen MR) is 70.9 cm³/mol. The highest BCUT2D eigenvalue weighted by Gasteiger charge is 2.06. The Morgan fingerprint density at radius 1 is 1.28 bits per heavy atom. The van der Waals surface area contributed by atoms with Crippen LogP contribution in [0.1, 0.15) is 25.2 Å². The first-order chi connectivity index (χ1) is 8.65. The van der Waals surface area contributed by atoms with Gasteiger partial charge in [0.2, 0.25) is 0 Å². The number of hydrogen-bond acceptors (Lipinski definition) is 4. The highest BCUT2D eigenvalue weighted by atomic mass is 15.3. The minimum atomic E-state index is 0.566. The van der Waals surface area contributed by atoms with Crippen LogP contribution in [-0.4, -0.2) is 19.7 Å². The van der Waals surface area contributed by atoms with E-state index in [9.17, 15) is 0 Å². The number of aryl methyl sites for hydroxylation is 2. The van der Waals surface area contributed by atoms with Crippen LogP contribution in [0.4, 0.5) is 5.82 Å². The smallest absolute Gasteiger partial charge is 0.138 e. The van der Waals surface area contributed by atoms with Gasteiger partial charge >= 0.3 is 0 Å². The van der Waals surface area contributed by atoms with E-state index in [0.717, 1.165) is 25.2 Å². The van der Waals surface area contributed by atoms with Gasteiger partial charge < -0.3 is 5.73 Å². The topological polar surface area (TPSA) is 69.6 Å². The minimum Gasteiger partial charge on any atom is -0.384 e. The van der Waals surface area contributed by atoms with Crippen LogP contribution >= 0.6 is 0 Å². The number of nitrogens with zero attached hydrogens (tertiary/aromatic N) is 4. The number of aromatic nitrogens is 4. The zero-order valence-electron chi connectivity index (χ0n) is 10.9. The van der Waals surface area contributed by atoms with Crippen LogP contribution in [0.3, 0.4) is 0 Å². The molecule has 2 rings (SSSR count). The SMILES string of the molecule is CC(C)Cn1ncnc1CCc1ccnc(N)c1. The van der Waals surface area contributed by atoms with Crippen molar-refractivity contribution >= 4 is 5.82 Å². The van der Waals surface area contributed by atoms with E-state index in [4.69, 9.17) is 5.73 Å². The summed E-state index contributed by atoms with van der Waals surface area (Å²) in [6.45, 7) is 5.26. The average Bonchev–Trinajstić information content (AvgIpc) is 2.73. The first-order valence-corrected chi connectivity index (χ1v) is 6.22. The predicted octanol–water partition coefficient (Wildman–Crippen LogP) is 1.70. The molecule has 0 aliphatic rings. The van der Waals surface area contributed by atoms with Gasteiger partial charge in [0.25, 0.3) is 0 Å². The molecular weight excluding hydrogens is 226 g/mol. The lowest BCUT2D eigenvalue weighted by Crippen LogP contribution is -2.11. The van der Waals surface area contributed by atoms with Gasteiger partial charge in [0.05, 0.1) is 0 Å². The van der Waals surface area contributed by atoms with Gasteiger partial charge in [-0.3, -0.25) is 0 Å². The maximum Gasteiger partial charge on any atom is 0.138 e. The molecule has 0 atom stereocenters. The summed E-state index contributed by atoms with van der Waals surface area (Å²) in [4.78, 5) is 8.30. The first kappa shape index (κ1) is 12.5. The summed E-state index contributed by atoms with van der Waals surface area (Å²) >= 11 is 0. The molecule has 0 aliphatic heterocycles. The number of anilines is 1. The molecule has 0 saturated carbocycles. The molecule has 0 saturated heterocycles. The van der Waals surface area contributed by atoms with Crippen molar-refractivity contribution < 1.29 is 0 Å². The van der Waals surface area contributed by atoms with Crippen LogP contribution in [0.25, 0.3) is 0 Å². The van der Waals surface area contributed by atoms with Crippen LogP contribution < -0.4 is 5.73 Å². The Balaban J connectivity index is 2.00. The normalized spacial score (nSPS) is 11.1. The van der Waals surface area contributed by atoms with Crippen LogP contribution in [0.2, 0.25) is 0 Å². The van der Waals surface area contributed by atoms with Crippen molar-refractivity contribution in [2.24, 2.45) is 5.92 Å². The van der Waals surface area contributed by atoms with Gasteiger partial charge in [0.15, 0.2) is 0 Å². The number of hydrogen-bond donors (Lipinski definition) is 1. The number of pyridine rings is 1. The van der Waals surface area contributed by atoms with E-state index in [0.29, 0.717) is 11.7 Å². The molecule has 5 heteroatoms. The lowest BCUT2D eigenvalue weighted by Gasteiger charge is -2.08. The first-order valence-electron chi connectivity index (χ1n) is 6.22. The van der Waals surface area contributed by atoms with E-state index >= 15 is 0 Å². The largest absolute Gasteiger partial charge is 0.384 e. The van der Waals surface area contributed by atoms with Crippen LogP contribution in [0.5, 0.6) is 0 Å². The molecule has 0 bridgehead atoms. The van der Waals surface area contributed by atoms with Gasteiger partial charge in [0, 0.05) is 19.2 Å². The zero-order chi connectivity index (χ0) is 13.0. The third-order valence-corrected chi connectivity index (χ3v) is 2.72. The van der Waals surface area contributed by atoms with Crippen molar-refractivity contribution in [1.29, 1.82) is 0 Å². The second-order valence-electron chi connectivity index (χ2n) is 4.84. The molecule has 2 aromatic rings. The van der Waals surface area contributed by atoms with Gasteiger partial charge in [-0.1, -0.05) is 13.8 Å². The fourth-order valence-electron chi connectivity index (χ4n) is 1.89. The summed E-state index contributed by atoms with van der Waals surface area (Å²) in [6, 6.07) is 3.89. The highest BCUT2D eigenvalue weighted by Crippen LogP contribution is 2.08. The van der Waals surface area contributed by atoms with Crippen LogP contribution in [0, 0.1) is 5.92 Å². The molecule has 18 heavy (non-hydrogen) atoms. The van der Waals surface area contributed by atoms with E-state index in [-0.39, 0.29) is 0 Å². The lowest BCUT2D eigenvalue weighted by molar-refractivity contribution is 0.465. The number of rotatable bonds is 5. The Labute approximate surface area is 107 Å². The summed E-state index contributed by atoms with van der Waals surface area (Å²) in [5.74, 6) is 2.16. The maximum absolute atomic E-state index is 5.66. The van der Waals surface area contributed by atoms with Crippen molar-refractivity contribution in [2.75, 3.05) is 5.73 Å². The van der Waals surface area contributed by atoms with Crippen molar-refractivity contribution in [3.63, 3.8) is 0 Å². The van der Waals surface area contributed by atoms with E-state index in [2.05, 4.69) is 28.9 Å². The second-order valence-corrected chi connectivity index (χ2v) is 4.84. The molecule has 0 aliphatic carbocycles. The fraction of sp³-hybridized carbons (Fsp3) is 0.462. The van der Waals surface area contributed by atoms with E-state index in [1.54, 1.807) is 12.5 Å². The molecule has 0 aromatic carbocycles. The standard InChI is InChI=1S/C13H19N5/c1-10(2)8-18-13(16-9-17-18)4-3-11-5-6-15-12(14)7-11/h5-7,9-10H,3-4,8H2,1-2H3,(H2,14,15). The monoisotopic (exact) mass is 245 g/mol. The van der Waals surface area contributed by atoms with Crippen LogP contribution in [-0.2, 0) is 19.4 Å². The Morgan fingerprint density at radius 3 is 2.83 bits per heavy atom. The van der Waals surface area contributed by atoms with Crippen LogP contribution in [0.15, 0.2) is 24.7 Å². The fourth-order valence-corrected chi connectivity index (χ4v) is 1.89. The second kappa shape index (κ2) is 5.62.